The molecular weight excluding hydrogens is 350 g/mol. The number of rotatable bonds is 5. The number of hydrogen-bond donors (Lipinski definition) is 0. The van der Waals surface area contributed by atoms with E-state index in [9.17, 15) is 4.79 Å². The highest BCUT2D eigenvalue weighted by molar-refractivity contribution is 5.79. The van der Waals surface area contributed by atoms with Gasteiger partial charge in [0.05, 0.1) is 0 Å². The van der Waals surface area contributed by atoms with Crippen molar-refractivity contribution in [3.05, 3.63) is 71.0 Å². The van der Waals surface area contributed by atoms with Crippen molar-refractivity contribution >= 4 is 5.91 Å². The lowest BCUT2D eigenvalue weighted by Crippen LogP contribution is -2.29. The van der Waals surface area contributed by atoms with E-state index < -0.39 is 0 Å². The maximum atomic E-state index is 12.5. The van der Waals surface area contributed by atoms with Gasteiger partial charge in [0.2, 0.25) is 5.91 Å². The van der Waals surface area contributed by atoms with Crippen molar-refractivity contribution in [3.8, 4) is 11.5 Å². The Hall–Kier alpha value is -2.95. The third-order valence-electron chi connectivity index (χ3n) is 5.64. The lowest BCUT2D eigenvalue weighted by Gasteiger charge is -2.21. The summed E-state index contributed by atoms with van der Waals surface area (Å²) in [4.78, 5) is 19.0. The molecule has 2 aromatic carbocycles. The average Bonchev–Trinajstić information content (AvgIpc) is 3.32. The molecule has 0 radical (unpaired) electrons. The molecule has 0 aliphatic carbocycles. The first-order chi connectivity index (χ1) is 13.5. The molecule has 1 aliphatic rings. The normalized spacial score (nSPS) is 17.9. The van der Waals surface area contributed by atoms with Crippen LogP contribution < -0.4 is 0 Å². The number of benzene rings is 2. The maximum absolute atomic E-state index is 12.5. The van der Waals surface area contributed by atoms with Gasteiger partial charge in [0.25, 0.3) is 5.89 Å². The molecule has 0 N–H and O–H groups in total. The fourth-order valence-corrected chi connectivity index (χ4v) is 3.73. The van der Waals surface area contributed by atoms with E-state index in [-0.39, 0.29) is 11.8 Å². The van der Waals surface area contributed by atoms with E-state index in [1.165, 1.54) is 16.7 Å². The number of carbonyl (C=O) groups is 1. The number of nitrogens with zero attached hydrogens (tertiary/aromatic N) is 3. The Morgan fingerprint density at radius 1 is 1.14 bits per heavy atom. The van der Waals surface area contributed by atoms with Crippen molar-refractivity contribution in [2.24, 2.45) is 0 Å². The van der Waals surface area contributed by atoms with Gasteiger partial charge in [-0.2, -0.15) is 4.98 Å². The summed E-state index contributed by atoms with van der Waals surface area (Å²) in [5.41, 5.74) is 4.58. The van der Waals surface area contributed by atoms with Gasteiger partial charge in [-0.1, -0.05) is 48.5 Å². The van der Waals surface area contributed by atoms with Crippen molar-refractivity contribution in [1.82, 2.24) is 15.0 Å². The Bertz CT molecular complexity index is 981. The van der Waals surface area contributed by atoms with Gasteiger partial charge >= 0.3 is 0 Å². The highest BCUT2D eigenvalue weighted by atomic mass is 16.5. The second kappa shape index (κ2) is 7.58. The number of aromatic nitrogens is 2. The van der Waals surface area contributed by atoms with E-state index >= 15 is 0 Å². The number of carbonyl (C=O) groups excluding carboxylic acids is 1. The third-order valence-corrected chi connectivity index (χ3v) is 5.64. The zero-order chi connectivity index (χ0) is 19.7. The molecule has 1 saturated heterocycles. The summed E-state index contributed by atoms with van der Waals surface area (Å²) in [5.74, 6) is 1.57. The van der Waals surface area contributed by atoms with Crippen LogP contribution in [0, 0.1) is 13.8 Å². The summed E-state index contributed by atoms with van der Waals surface area (Å²) in [6.45, 7) is 7.65. The van der Waals surface area contributed by atoms with Gasteiger partial charge < -0.3 is 9.42 Å². The molecule has 28 heavy (non-hydrogen) atoms. The molecule has 5 nitrogen and oxygen atoms in total. The van der Waals surface area contributed by atoms with Crippen LogP contribution in [0.15, 0.2) is 53.1 Å². The van der Waals surface area contributed by atoms with Crippen LogP contribution in [0.4, 0.5) is 0 Å². The lowest BCUT2D eigenvalue weighted by molar-refractivity contribution is -0.127. The van der Waals surface area contributed by atoms with E-state index in [0.717, 1.165) is 5.56 Å². The van der Waals surface area contributed by atoms with Gasteiger partial charge in [-0.25, -0.2) is 0 Å². The topological polar surface area (TPSA) is 59.2 Å². The Kier molecular flexibility index (Phi) is 4.99. The number of amides is 1. The van der Waals surface area contributed by atoms with Gasteiger partial charge in [-0.05, 0) is 48.6 Å². The summed E-state index contributed by atoms with van der Waals surface area (Å²) >= 11 is 0. The fourth-order valence-electron chi connectivity index (χ4n) is 3.73. The van der Waals surface area contributed by atoms with Crippen LogP contribution >= 0.6 is 0 Å². The van der Waals surface area contributed by atoms with Crippen molar-refractivity contribution < 1.29 is 9.32 Å². The lowest BCUT2D eigenvalue weighted by atomic mass is 10.0. The summed E-state index contributed by atoms with van der Waals surface area (Å²) < 4.78 is 5.49. The SMILES string of the molecule is Cc1ccc(-c2nc(C3CC(=O)N(CC(C)c4ccccc4)C3)no2)cc1C. The molecule has 0 saturated carbocycles. The molecule has 2 unspecified atom stereocenters. The molecule has 1 aromatic heterocycles. The van der Waals surface area contributed by atoms with Crippen molar-refractivity contribution in [2.45, 2.75) is 39.0 Å². The smallest absolute Gasteiger partial charge is 0.257 e. The average molecular weight is 375 g/mol. The molecule has 4 rings (SSSR count). The van der Waals surface area contributed by atoms with Crippen LogP contribution in [0.2, 0.25) is 0 Å². The van der Waals surface area contributed by atoms with E-state index in [4.69, 9.17) is 4.52 Å². The third kappa shape index (κ3) is 3.70. The van der Waals surface area contributed by atoms with Crippen LogP contribution in [0.25, 0.3) is 11.5 Å². The van der Waals surface area contributed by atoms with Crippen LogP contribution in [-0.2, 0) is 4.79 Å². The Balaban J connectivity index is 1.45. The molecule has 144 valence electrons. The second-order valence-electron chi connectivity index (χ2n) is 7.77. The second-order valence-corrected chi connectivity index (χ2v) is 7.77. The van der Waals surface area contributed by atoms with Crippen molar-refractivity contribution in [3.63, 3.8) is 0 Å². The quantitative estimate of drug-likeness (QED) is 0.660. The highest BCUT2D eigenvalue weighted by Crippen LogP contribution is 2.30. The monoisotopic (exact) mass is 375 g/mol. The van der Waals surface area contributed by atoms with Crippen molar-refractivity contribution in [2.75, 3.05) is 13.1 Å². The highest BCUT2D eigenvalue weighted by Gasteiger charge is 2.34. The van der Waals surface area contributed by atoms with Gasteiger partial charge in [-0.15, -0.1) is 0 Å². The first kappa shape index (κ1) is 18.4. The minimum atomic E-state index is -0.0143. The molecule has 1 amide bonds. The van der Waals surface area contributed by atoms with Gasteiger partial charge in [-0.3, -0.25) is 4.79 Å². The molecule has 0 bridgehead atoms. The standard InChI is InChI=1S/C23H25N3O2/c1-15-9-10-19(11-16(15)2)23-24-22(25-28-23)20-12-21(27)26(14-20)13-17(3)18-7-5-4-6-8-18/h4-11,17,20H,12-14H2,1-3H3. The van der Waals surface area contributed by atoms with E-state index in [1.54, 1.807) is 0 Å². The summed E-state index contributed by atoms with van der Waals surface area (Å²) in [6.07, 6.45) is 0.438. The first-order valence-corrected chi connectivity index (χ1v) is 9.75. The van der Waals surface area contributed by atoms with Crippen LogP contribution in [0.3, 0.4) is 0 Å². The molecule has 2 heterocycles. The first-order valence-electron chi connectivity index (χ1n) is 9.75. The zero-order valence-electron chi connectivity index (χ0n) is 16.6. The maximum Gasteiger partial charge on any atom is 0.257 e. The molecule has 3 aromatic rings. The molecule has 0 spiro atoms. The van der Waals surface area contributed by atoms with Gasteiger partial charge in [0, 0.05) is 31.0 Å². The predicted molar refractivity (Wildman–Crippen MR) is 108 cm³/mol. The Labute approximate surface area is 165 Å². The van der Waals surface area contributed by atoms with Crippen LogP contribution in [0.1, 0.15) is 47.7 Å². The van der Waals surface area contributed by atoms with E-state index in [0.29, 0.717) is 37.1 Å². The van der Waals surface area contributed by atoms with Crippen LogP contribution in [0.5, 0.6) is 0 Å². The zero-order valence-corrected chi connectivity index (χ0v) is 16.6. The largest absolute Gasteiger partial charge is 0.341 e. The van der Waals surface area contributed by atoms with Gasteiger partial charge in [0.15, 0.2) is 5.82 Å². The predicted octanol–water partition coefficient (Wildman–Crippen LogP) is 4.47. The molecular formula is C23H25N3O2. The minimum Gasteiger partial charge on any atom is -0.341 e. The van der Waals surface area contributed by atoms with Gasteiger partial charge in [0.1, 0.15) is 0 Å². The Morgan fingerprint density at radius 3 is 2.68 bits per heavy atom. The number of aryl methyl sites for hydroxylation is 2. The fraction of sp³-hybridized carbons (Fsp3) is 0.348. The summed E-state index contributed by atoms with van der Waals surface area (Å²) in [5, 5.41) is 4.17. The number of hydrogen-bond acceptors (Lipinski definition) is 4. The molecule has 1 aliphatic heterocycles. The molecule has 1 fully saturated rings. The summed E-state index contributed by atoms with van der Waals surface area (Å²) in [7, 11) is 0. The Morgan fingerprint density at radius 2 is 1.93 bits per heavy atom. The molecule has 5 heteroatoms. The molecule has 2 atom stereocenters. The van der Waals surface area contributed by atoms with E-state index in [2.05, 4.69) is 55.2 Å². The number of likely N-dealkylation sites (tertiary alicyclic amines) is 1. The minimum absolute atomic E-state index is 0.0143. The van der Waals surface area contributed by atoms with Crippen molar-refractivity contribution in [1.29, 1.82) is 0 Å². The summed E-state index contributed by atoms with van der Waals surface area (Å²) in [6, 6.07) is 16.4. The van der Waals surface area contributed by atoms with E-state index in [1.807, 2.05) is 29.2 Å². The van der Waals surface area contributed by atoms with Crippen LogP contribution in [-0.4, -0.2) is 34.0 Å².